The van der Waals surface area contributed by atoms with Crippen LogP contribution in [-0.4, -0.2) is 30.7 Å². The van der Waals surface area contributed by atoms with Gasteiger partial charge in [0, 0.05) is 25.7 Å². The van der Waals surface area contributed by atoms with Gasteiger partial charge in [-0.15, -0.1) is 0 Å². The van der Waals surface area contributed by atoms with Crippen LogP contribution in [0.1, 0.15) is 36.8 Å². The van der Waals surface area contributed by atoms with Crippen LogP contribution in [0.2, 0.25) is 0 Å². The van der Waals surface area contributed by atoms with Gasteiger partial charge in [-0.2, -0.15) is 0 Å². The third-order valence-corrected chi connectivity index (χ3v) is 6.54. The Bertz CT molecular complexity index is 776. The molecule has 26 heavy (non-hydrogen) atoms. The average molecular weight is 354 g/mol. The predicted octanol–water partition coefficient (Wildman–Crippen LogP) is 5.41. The fourth-order valence-electron chi connectivity index (χ4n) is 4.97. The number of allylic oxidation sites excluding steroid dienone is 1. The normalized spacial score (nSPS) is 26.5. The van der Waals surface area contributed by atoms with E-state index in [1.165, 1.54) is 25.0 Å². The van der Waals surface area contributed by atoms with E-state index in [2.05, 4.69) is 20.2 Å². The summed E-state index contributed by atoms with van der Waals surface area (Å²) in [7, 11) is 4.70. The van der Waals surface area contributed by atoms with E-state index < -0.39 is 0 Å². The number of hydrogen-bond donors (Lipinski definition) is 0. The minimum Gasteiger partial charge on any atom is -0.324 e. The number of hydrogen-bond acceptors (Lipinski definition) is 0. The van der Waals surface area contributed by atoms with E-state index in [0.717, 1.165) is 34.0 Å². The highest BCUT2D eigenvalue weighted by Crippen LogP contribution is 2.43. The van der Waals surface area contributed by atoms with Crippen molar-refractivity contribution in [1.82, 2.24) is 0 Å². The molecule has 2 aromatic rings. The first-order valence-electron chi connectivity index (χ1n) is 9.50. The van der Waals surface area contributed by atoms with E-state index in [1.807, 2.05) is 12.1 Å². The van der Waals surface area contributed by atoms with Crippen LogP contribution in [0.3, 0.4) is 0 Å². The number of rotatable bonds is 3. The molecule has 0 aromatic heterocycles. The number of fused-ring (bicyclic) bond motifs is 2. The van der Waals surface area contributed by atoms with Crippen molar-refractivity contribution in [3.8, 4) is 0 Å². The van der Waals surface area contributed by atoms with Gasteiger partial charge in [0.25, 0.3) is 0 Å². The van der Waals surface area contributed by atoms with E-state index in [0.29, 0.717) is 18.0 Å². The maximum atomic E-state index is 13.8. The minimum atomic E-state index is -0.258. The second kappa shape index (κ2) is 6.62. The predicted molar refractivity (Wildman–Crippen MR) is 102 cm³/mol. The Morgan fingerprint density at radius 3 is 1.85 bits per heavy atom. The van der Waals surface area contributed by atoms with Crippen LogP contribution in [0, 0.1) is 17.6 Å². The Hall–Kier alpha value is -2.00. The summed E-state index contributed by atoms with van der Waals surface area (Å²) in [4.78, 5) is 0. The Balaban J connectivity index is 1.73. The molecule has 2 heterocycles. The lowest BCUT2D eigenvalue weighted by molar-refractivity contribution is -0.931. The average Bonchev–Trinajstić information content (AvgIpc) is 2.77. The molecule has 0 aliphatic carbocycles. The molecule has 2 fully saturated rings. The van der Waals surface area contributed by atoms with Gasteiger partial charge < -0.3 is 4.48 Å². The van der Waals surface area contributed by atoms with Gasteiger partial charge in [-0.25, -0.2) is 8.78 Å². The summed E-state index contributed by atoms with van der Waals surface area (Å²) in [5, 5.41) is 0. The number of piperidine rings is 1. The summed E-state index contributed by atoms with van der Waals surface area (Å²) in [6, 6.07) is 14.7. The van der Waals surface area contributed by atoms with Crippen LogP contribution in [-0.2, 0) is 0 Å². The third kappa shape index (κ3) is 3.21. The molecule has 0 saturated carbocycles. The van der Waals surface area contributed by atoms with Gasteiger partial charge in [-0.3, -0.25) is 0 Å². The monoisotopic (exact) mass is 354 g/mol. The summed E-state index contributed by atoms with van der Waals surface area (Å²) >= 11 is 0. The summed E-state index contributed by atoms with van der Waals surface area (Å²) in [6.45, 7) is 0. The Kier molecular flexibility index (Phi) is 4.44. The molecule has 136 valence electrons. The first-order valence-corrected chi connectivity index (χ1v) is 9.50. The maximum absolute atomic E-state index is 13.8. The van der Waals surface area contributed by atoms with Gasteiger partial charge >= 0.3 is 0 Å². The molecule has 3 heteroatoms. The van der Waals surface area contributed by atoms with E-state index in [-0.39, 0.29) is 11.6 Å². The van der Waals surface area contributed by atoms with Crippen LogP contribution < -0.4 is 0 Å². The van der Waals surface area contributed by atoms with E-state index >= 15 is 0 Å². The molecule has 2 bridgehead atoms. The van der Waals surface area contributed by atoms with Gasteiger partial charge in [0.2, 0.25) is 0 Å². The number of quaternary nitrogens is 1. The van der Waals surface area contributed by atoms with Gasteiger partial charge in [0.1, 0.15) is 11.6 Å². The lowest BCUT2D eigenvalue weighted by Gasteiger charge is -2.44. The van der Waals surface area contributed by atoms with Gasteiger partial charge in [0.05, 0.1) is 26.2 Å². The van der Waals surface area contributed by atoms with E-state index in [4.69, 9.17) is 0 Å². The summed E-state index contributed by atoms with van der Waals surface area (Å²) in [5.74, 6) is -0.0576. The zero-order chi connectivity index (χ0) is 18.3. The van der Waals surface area contributed by atoms with Crippen LogP contribution in [0.4, 0.5) is 8.78 Å². The highest BCUT2D eigenvalue weighted by molar-refractivity contribution is 5.80. The van der Waals surface area contributed by atoms with Gasteiger partial charge in [-0.05, 0) is 46.9 Å². The molecule has 0 amide bonds. The zero-order valence-electron chi connectivity index (χ0n) is 15.5. The summed E-state index contributed by atoms with van der Waals surface area (Å²) in [6.07, 6.45) is 7.15. The molecule has 2 aromatic carbocycles. The largest absolute Gasteiger partial charge is 0.324 e. The van der Waals surface area contributed by atoms with Crippen molar-refractivity contribution in [2.45, 2.75) is 37.8 Å². The van der Waals surface area contributed by atoms with Crippen LogP contribution in [0.15, 0.2) is 54.6 Å². The van der Waals surface area contributed by atoms with Crippen molar-refractivity contribution >= 4 is 5.57 Å². The van der Waals surface area contributed by atoms with Crippen LogP contribution in [0.5, 0.6) is 0 Å². The van der Waals surface area contributed by atoms with Gasteiger partial charge in [0.15, 0.2) is 0 Å². The van der Waals surface area contributed by atoms with Crippen molar-refractivity contribution in [3.05, 3.63) is 77.4 Å². The van der Waals surface area contributed by atoms with Crippen LogP contribution in [0.25, 0.3) is 5.57 Å². The Labute approximate surface area is 154 Å². The quantitative estimate of drug-likeness (QED) is 0.646. The Morgan fingerprint density at radius 1 is 0.885 bits per heavy atom. The molecule has 0 spiro atoms. The standard InChI is InChI=1S/C23H26F2N/c1-26(2)21-9-10-22(26)12-16(11-21)13-23(17-5-3-7-19(24)14-17)18-6-4-8-20(25)15-18/h3-8,13-16,21-22H,9-12H2,1-2H3/q+1/t21-,22-/m0/s1. The van der Waals surface area contributed by atoms with Crippen molar-refractivity contribution in [3.63, 3.8) is 0 Å². The molecular weight excluding hydrogens is 328 g/mol. The molecule has 2 saturated heterocycles. The Morgan fingerprint density at radius 2 is 1.38 bits per heavy atom. The molecular formula is C23H26F2N+. The fourth-order valence-corrected chi connectivity index (χ4v) is 4.97. The molecule has 0 unspecified atom stereocenters. The number of benzene rings is 2. The third-order valence-electron chi connectivity index (χ3n) is 6.54. The highest BCUT2D eigenvalue weighted by Gasteiger charge is 2.48. The van der Waals surface area contributed by atoms with Crippen molar-refractivity contribution < 1.29 is 13.3 Å². The molecule has 0 N–H and O–H groups in total. The van der Waals surface area contributed by atoms with Crippen molar-refractivity contribution in [2.24, 2.45) is 5.92 Å². The molecule has 2 aliphatic heterocycles. The second-order valence-electron chi connectivity index (χ2n) is 8.35. The van der Waals surface area contributed by atoms with E-state index in [1.54, 1.807) is 24.3 Å². The second-order valence-corrected chi connectivity index (χ2v) is 8.35. The number of halogens is 2. The smallest absolute Gasteiger partial charge is 0.123 e. The SMILES string of the molecule is C[N+]1(C)[C@H]2CC[C@H]1CC(C=C(c1cccc(F)c1)c1cccc(F)c1)C2. The topological polar surface area (TPSA) is 0 Å². The van der Waals surface area contributed by atoms with Crippen molar-refractivity contribution in [1.29, 1.82) is 0 Å². The molecule has 4 rings (SSSR count). The van der Waals surface area contributed by atoms with Gasteiger partial charge in [-0.1, -0.05) is 30.3 Å². The van der Waals surface area contributed by atoms with Crippen LogP contribution >= 0.6 is 0 Å². The maximum Gasteiger partial charge on any atom is 0.123 e. The van der Waals surface area contributed by atoms with E-state index in [9.17, 15) is 8.78 Å². The number of nitrogens with zero attached hydrogens (tertiary/aromatic N) is 1. The first kappa shape index (κ1) is 17.4. The first-order chi connectivity index (χ1) is 12.4. The zero-order valence-corrected chi connectivity index (χ0v) is 15.5. The van der Waals surface area contributed by atoms with Crippen molar-refractivity contribution in [2.75, 3.05) is 14.1 Å². The summed E-state index contributed by atoms with van der Waals surface area (Å²) in [5.41, 5.74) is 2.59. The molecule has 1 nitrogen and oxygen atoms in total. The lowest BCUT2D eigenvalue weighted by atomic mass is 9.85. The summed E-state index contributed by atoms with van der Waals surface area (Å²) < 4.78 is 28.8. The molecule has 2 atom stereocenters. The molecule has 2 aliphatic rings. The minimum absolute atomic E-state index is 0.258. The lowest BCUT2D eigenvalue weighted by Crippen LogP contribution is -2.54. The molecule has 0 radical (unpaired) electrons. The fraction of sp³-hybridized carbons (Fsp3) is 0.391. The highest BCUT2D eigenvalue weighted by atomic mass is 19.1.